The lowest BCUT2D eigenvalue weighted by Gasteiger charge is -2.18. The quantitative estimate of drug-likeness (QED) is 0.594. The molecule has 1 aromatic heterocycles. The average Bonchev–Trinajstić information content (AvgIpc) is 3.04. The highest BCUT2D eigenvalue weighted by molar-refractivity contribution is 8.14. The predicted molar refractivity (Wildman–Crippen MR) is 110 cm³/mol. The standard InChI is InChI=1S/C18H15ClN4OS2/c1-9-16(22-23-18(24)26-9)10-3-6-14-15(7-10)21-17(20-14)12-5-4-11(25-2)8-13(12)19/h3-9H,1-2H3,(H,20,21)(H,23,24). The number of H-pyrrole nitrogens is 1. The van der Waals surface area contributed by atoms with Crippen LogP contribution in [0, 0.1) is 0 Å². The van der Waals surface area contributed by atoms with Gasteiger partial charge in [0.2, 0.25) is 0 Å². The van der Waals surface area contributed by atoms with Gasteiger partial charge in [0.1, 0.15) is 5.82 Å². The van der Waals surface area contributed by atoms with Crippen molar-refractivity contribution in [1.82, 2.24) is 15.4 Å². The number of nitrogens with zero attached hydrogens (tertiary/aromatic N) is 2. The summed E-state index contributed by atoms with van der Waals surface area (Å²) in [5.74, 6) is 0.733. The third kappa shape index (κ3) is 3.22. The molecular weight excluding hydrogens is 388 g/mol. The molecule has 4 rings (SSSR count). The monoisotopic (exact) mass is 402 g/mol. The number of hydrogen-bond donors (Lipinski definition) is 2. The number of halogens is 1. The number of fused-ring (bicyclic) bond motifs is 1. The summed E-state index contributed by atoms with van der Waals surface area (Å²) in [4.78, 5) is 20.5. The van der Waals surface area contributed by atoms with Crippen LogP contribution in [0.25, 0.3) is 22.4 Å². The van der Waals surface area contributed by atoms with Crippen molar-refractivity contribution < 1.29 is 4.79 Å². The van der Waals surface area contributed by atoms with Gasteiger partial charge in [-0.25, -0.2) is 10.4 Å². The van der Waals surface area contributed by atoms with E-state index in [2.05, 4.69) is 15.5 Å². The Balaban J connectivity index is 1.74. The lowest BCUT2D eigenvalue weighted by atomic mass is 10.1. The smallest absolute Gasteiger partial charge is 0.299 e. The van der Waals surface area contributed by atoms with Crippen LogP contribution in [-0.2, 0) is 0 Å². The van der Waals surface area contributed by atoms with Crippen molar-refractivity contribution in [1.29, 1.82) is 0 Å². The van der Waals surface area contributed by atoms with E-state index in [4.69, 9.17) is 16.6 Å². The summed E-state index contributed by atoms with van der Waals surface area (Å²) in [5.41, 5.74) is 6.93. The Kier molecular flexibility index (Phi) is 4.69. The predicted octanol–water partition coefficient (Wildman–Crippen LogP) is 5.15. The van der Waals surface area contributed by atoms with Crippen LogP contribution in [0.1, 0.15) is 12.5 Å². The first-order valence-corrected chi connectivity index (χ1v) is 10.4. The molecule has 1 unspecified atom stereocenters. The van der Waals surface area contributed by atoms with Crippen molar-refractivity contribution in [2.24, 2.45) is 5.10 Å². The van der Waals surface area contributed by atoms with E-state index < -0.39 is 0 Å². The molecule has 0 radical (unpaired) electrons. The number of hydrazone groups is 1. The minimum Gasteiger partial charge on any atom is -0.338 e. The Bertz CT molecular complexity index is 1050. The van der Waals surface area contributed by atoms with Crippen molar-refractivity contribution in [3.05, 3.63) is 47.0 Å². The molecule has 1 aliphatic rings. The van der Waals surface area contributed by atoms with E-state index >= 15 is 0 Å². The van der Waals surface area contributed by atoms with Gasteiger partial charge in [0.25, 0.3) is 5.24 Å². The summed E-state index contributed by atoms with van der Waals surface area (Å²) in [6.07, 6.45) is 2.02. The van der Waals surface area contributed by atoms with Crippen LogP contribution in [0.5, 0.6) is 0 Å². The van der Waals surface area contributed by atoms with Crippen LogP contribution in [0.4, 0.5) is 4.79 Å². The van der Waals surface area contributed by atoms with Crippen LogP contribution in [-0.4, -0.2) is 32.4 Å². The molecule has 1 amide bonds. The van der Waals surface area contributed by atoms with Crippen LogP contribution >= 0.6 is 35.1 Å². The van der Waals surface area contributed by atoms with E-state index in [0.29, 0.717) is 5.02 Å². The zero-order chi connectivity index (χ0) is 18.3. The Morgan fingerprint density at radius 1 is 1.23 bits per heavy atom. The summed E-state index contributed by atoms with van der Waals surface area (Å²) in [6, 6.07) is 11.9. The number of rotatable bonds is 3. The van der Waals surface area contributed by atoms with E-state index in [0.717, 1.165) is 38.6 Å². The van der Waals surface area contributed by atoms with Crippen LogP contribution in [0.3, 0.4) is 0 Å². The molecule has 0 saturated carbocycles. The SMILES string of the molecule is CSc1ccc(-c2nc3cc(C4=NNC(=O)SC4C)ccc3[nH]2)c(Cl)c1. The second-order valence-corrected chi connectivity index (χ2v) is 8.42. The Labute approximate surface area is 164 Å². The second-order valence-electron chi connectivity index (χ2n) is 5.82. The maximum atomic E-state index is 11.4. The number of amides is 1. The van der Waals surface area contributed by atoms with E-state index in [1.165, 1.54) is 11.8 Å². The van der Waals surface area contributed by atoms with Crippen LogP contribution in [0.15, 0.2) is 46.4 Å². The minimum atomic E-state index is -0.132. The number of aromatic nitrogens is 2. The molecular formula is C18H15ClN4OS2. The molecule has 2 N–H and O–H groups in total. The number of benzene rings is 2. The number of imidazole rings is 1. The van der Waals surface area contributed by atoms with E-state index in [1.807, 2.05) is 49.6 Å². The zero-order valence-electron chi connectivity index (χ0n) is 14.0. The highest BCUT2D eigenvalue weighted by Crippen LogP contribution is 2.31. The summed E-state index contributed by atoms with van der Waals surface area (Å²) in [5, 5.41) is 4.73. The van der Waals surface area contributed by atoms with Crippen molar-refractivity contribution in [3.63, 3.8) is 0 Å². The zero-order valence-corrected chi connectivity index (χ0v) is 16.4. The fourth-order valence-electron chi connectivity index (χ4n) is 2.85. The van der Waals surface area contributed by atoms with Gasteiger partial charge in [0, 0.05) is 16.0 Å². The summed E-state index contributed by atoms with van der Waals surface area (Å²) < 4.78 is 0. The summed E-state index contributed by atoms with van der Waals surface area (Å²) >= 11 is 9.30. The molecule has 1 aliphatic heterocycles. The number of aromatic amines is 1. The van der Waals surface area contributed by atoms with E-state index in [9.17, 15) is 4.79 Å². The molecule has 1 atom stereocenters. The fourth-order valence-corrected chi connectivity index (χ4v) is 4.34. The molecule has 0 spiro atoms. The van der Waals surface area contributed by atoms with Gasteiger partial charge in [-0.2, -0.15) is 5.10 Å². The first-order chi connectivity index (χ1) is 12.5. The molecule has 0 bridgehead atoms. The largest absolute Gasteiger partial charge is 0.338 e. The third-order valence-corrected chi connectivity index (χ3v) is 6.07. The highest BCUT2D eigenvalue weighted by Gasteiger charge is 2.23. The van der Waals surface area contributed by atoms with Gasteiger partial charge in [0.05, 0.1) is 27.0 Å². The van der Waals surface area contributed by atoms with Gasteiger partial charge in [-0.1, -0.05) is 29.4 Å². The van der Waals surface area contributed by atoms with Gasteiger partial charge in [-0.15, -0.1) is 11.8 Å². The van der Waals surface area contributed by atoms with Crippen molar-refractivity contribution in [2.75, 3.05) is 6.26 Å². The number of carbonyl (C=O) groups is 1. The van der Waals surface area contributed by atoms with E-state index in [1.54, 1.807) is 11.8 Å². The lowest BCUT2D eigenvalue weighted by molar-refractivity contribution is 0.261. The number of nitrogens with one attached hydrogen (secondary N) is 2. The molecule has 0 fully saturated rings. The highest BCUT2D eigenvalue weighted by atomic mass is 35.5. The Morgan fingerprint density at radius 3 is 2.81 bits per heavy atom. The van der Waals surface area contributed by atoms with Crippen molar-refractivity contribution in [2.45, 2.75) is 17.1 Å². The summed E-state index contributed by atoms with van der Waals surface area (Å²) in [7, 11) is 0. The molecule has 26 heavy (non-hydrogen) atoms. The van der Waals surface area contributed by atoms with Crippen molar-refractivity contribution >= 4 is 57.1 Å². The normalized spacial score (nSPS) is 17.3. The lowest BCUT2D eigenvalue weighted by Crippen LogP contribution is -2.29. The third-order valence-electron chi connectivity index (χ3n) is 4.15. The molecule has 132 valence electrons. The number of hydrogen-bond acceptors (Lipinski definition) is 5. The van der Waals surface area contributed by atoms with Gasteiger partial charge < -0.3 is 4.98 Å². The van der Waals surface area contributed by atoms with Crippen molar-refractivity contribution in [3.8, 4) is 11.4 Å². The molecule has 2 heterocycles. The topological polar surface area (TPSA) is 70.1 Å². The average molecular weight is 403 g/mol. The Hall–Kier alpha value is -1.96. The first-order valence-electron chi connectivity index (χ1n) is 7.93. The van der Waals surface area contributed by atoms with Crippen LogP contribution in [0.2, 0.25) is 5.02 Å². The first kappa shape index (κ1) is 17.5. The number of thioether (sulfide) groups is 2. The Morgan fingerprint density at radius 2 is 2.08 bits per heavy atom. The van der Waals surface area contributed by atoms with E-state index in [-0.39, 0.29) is 10.5 Å². The van der Waals surface area contributed by atoms with Crippen LogP contribution < -0.4 is 5.43 Å². The molecule has 0 saturated heterocycles. The van der Waals surface area contributed by atoms with Gasteiger partial charge in [-0.05, 0) is 43.5 Å². The van der Waals surface area contributed by atoms with Gasteiger partial charge >= 0.3 is 0 Å². The van der Waals surface area contributed by atoms with Gasteiger partial charge in [0.15, 0.2) is 0 Å². The van der Waals surface area contributed by atoms with Gasteiger partial charge in [-0.3, -0.25) is 4.79 Å². The maximum Gasteiger partial charge on any atom is 0.299 e. The minimum absolute atomic E-state index is 0.00635. The molecule has 0 aliphatic carbocycles. The maximum absolute atomic E-state index is 11.4. The molecule has 3 aromatic rings. The second kappa shape index (κ2) is 6.98. The number of carbonyl (C=O) groups excluding carboxylic acids is 1. The molecule has 2 aromatic carbocycles. The molecule has 5 nitrogen and oxygen atoms in total. The summed E-state index contributed by atoms with van der Waals surface area (Å²) in [6.45, 7) is 1.97. The molecule has 8 heteroatoms. The fraction of sp³-hybridized carbons (Fsp3) is 0.167.